The molecule has 0 bridgehead atoms. The van der Waals surface area contributed by atoms with Crippen LogP contribution in [0.2, 0.25) is 0 Å². The largest absolute Gasteiger partial charge is 0.481 e. The third kappa shape index (κ3) is 9.86. The number of aliphatic carboxylic acids is 2. The lowest BCUT2D eigenvalue weighted by Crippen LogP contribution is -2.61. The normalized spacial score (nSPS) is 15.7. The molecule has 0 radical (unpaired) electrons. The zero-order valence-corrected chi connectivity index (χ0v) is 17.3. The number of carbonyl (C=O) groups is 6. The first-order valence-electron chi connectivity index (χ1n) is 9.25. The standard InChI is InChI=1S/C17H29N5O9/c1-6(2)12(15(28)20-9(17(30)31)5-10(19)24)21-16(29)13(7(3)23)22-14(27)8(18)4-11(25)26/h6-9,12-13,23H,4-5,18H2,1-3H3,(H2,19,24)(H,20,28)(H,21,29)(H,22,27)(H,25,26)(H,30,31). The number of hydrogen-bond acceptors (Lipinski definition) is 8. The first kappa shape index (κ1) is 27.7. The molecule has 0 heterocycles. The molecule has 0 aromatic rings. The minimum atomic E-state index is -1.62. The number of nitrogens with two attached hydrogens (primary N) is 2. The van der Waals surface area contributed by atoms with E-state index in [0.29, 0.717) is 0 Å². The Balaban J connectivity index is 5.38. The Kier molecular flexibility index (Phi) is 11.1. The van der Waals surface area contributed by atoms with E-state index in [1.807, 2.05) is 0 Å². The van der Waals surface area contributed by atoms with Crippen LogP contribution in [-0.4, -0.2) is 81.2 Å². The van der Waals surface area contributed by atoms with E-state index < -0.39 is 84.6 Å². The van der Waals surface area contributed by atoms with E-state index in [0.717, 1.165) is 0 Å². The Bertz CT molecular complexity index is 710. The number of carboxylic acids is 2. The van der Waals surface area contributed by atoms with Gasteiger partial charge in [0.1, 0.15) is 18.1 Å². The molecule has 31 heavy (non-hydrogen) atoms. The number of rotatable bonds is 13. The van der Waals surface area contributed by atoms with Gasteiger partial charge >= 0.3 is 11.9 Å². The first-order valence-corrected chi connectivity index (χ1v) is 9.25. The molecule has 0 saturated heterocycles. The molecule has 0 fully saturated rings. The predicted molar refractivity (Wildman–Crippen MR) is 104 cm³/mol. The van der Waals surface area contributed by atoms with E-state index in [2.05, 4.69) is 16.0 Å². The van der Waals surface area contributed by atoms with E-state index in [1.54, 1.807) is 0 Å². The summed E-state index contributed by atoms with van der Waals surface area (Å²) >= 11 is 0. The highest BCUT2D eigenvalue weighted by Gasteiger charge is 2.34. The molecule has 0 aromatic carbocycles. The molecule has 0 aliphatic rings. The lowest BCUT2D eigenvalue weighted by molar-refractivity contribution is -0.144. The van der Waals surface area contributed by atoms with Gasteiger partial charge in [-0.25, -0.2) is 4.79 Å². The summed E-state index contributed by atoms with van der Waals surface area (Å²) in [5, 5.41) is 34.1. The summed E-state index contributed by atoms with van der Waals surface area (Å²) in [6.45, 7) is 4.24. The van der Waals surface area contributed by atoms with Crippen molar-refractivity contribution in [2.75, 3.05) is 0 Å². The highest BCUT2D eigenvalue weighted by molar-refractivity contribution is 5.95. The van der Waals surface area contributed by atoms with Crippen molar-refractivity contribution in [1.82, 2.24) is 16.0 Å². The van der Waals surface area contributed by atoms with Gasteiger partial charge in [-0.3, -0.25) is 24.0 Å². The Labute approximate surface area is 177 Å². The summed E-state index contributed by atoms with van der Waals surface area (Å²) in [6, 6.07) is -5.99. The minimum Gasteiger partial charge on any atom is -0.481 e. The summed E-state index contributed by atoms with van der Waals surface area (Å²) in [5.74, 6) is -7.33. The first-order chi connectivity index (χ1) is 14.2. The van der Waals surface area contributed by atoms with Crippen LogP contribution in [0, 0.1) is 5.92 Å². The van der Waals surface area contributed by atoms with Crippen LogP contribution >= 0.6 is 0 Å². The summed E-state index contributed by atoms with van der Waals surface area (Å²) in [7, 11) is 0. The summed E-state index contributed by atoms with van der Waals surface area (Å²) in [5.41, 5.74) is 10.4. The molecule has 0 aliphatic carbocycles. The fraction of sp³-hybridized carbons (Fsp3) is 0.647. The van der Waals surface area contributed by atoms with Gasteiger partial charge in [0, 0.05) is 0 Å². The van der Waals surface area contributed by atoms with Gasteiger partial charge in [0.25, 0.3) is 0 Å². The van der Waals surface area contributed by atoms with Gasteiger partial charge in [0.15, 0.2) is 0 Å². The fourth-order valence-corrected chi connectivity index (χ4v) is 2.39. The maximum absolute atomic E-state index is 12.6. The molecule has 5 unspecified atom stereocenters. The van der Waals surface area contributed by atoms with Gasteiger partial charge in [-0.2, -0.15) is 0 Å². The van der Waals surface area contributed by atoms with Crippen LogP contribution in [-0.2, 0) is 28.8 Å². The second-order valence-corrected chi connectivity index (χ2v) is 7.23. The highest BCUT2D eigenvalue weighted by Crippen LogP contribution is 2.06. The Morgan fingerprint density at radius 1 is 0.806 bits per heavy atom. The molecule has 0 rings (SSSR count). The summed E-state index contributed by atoms with van der Waals surface area (Å²) in [6.07, 6.45) is -2.83. The van der Waals surface area contributed by atoms with Gasteiger partial charge < -0.3 is 42.7 Å². The van der Waals surface area contributed by atoms with E-state index in [9.17, 15) is 33.9 Å². The molecule has 4 amide bonds. The molecule has 14 heteroatoms. The average molecular weight is 447 g/mol. The molecular weight excluding hydrogens is 418 g/mol. The maximum Gasteiger partial charge on any atom is 0.326 e. The number of nitrogens with one attached hydrogen (secondary N) is 3. The monoisotopic (exact) mass is 447 g/mol. The lowest BCUT2D eigenvalue weighted by Gasteiger charge is -2.27. The highest BCUT2D eigenvalue weighted by atomic mass is 16.4. The zero-order chi connectivity index (χ0) is 24.5. The van der Waals surface area contributed by atoms with Crippen molar-refractivity contribution in [3.8, 4) is 0 Å². The second-order valence-electron chi connectivity index (χ2n) is 7.23. The van der Waals surface area contributed by atoms with E-state index in [-0.39, 0.29) is 0 Å². The molecule has 176 valence electrons. The molecule has 0 aliphatic heterocycles. The summed E-state index contributed by atoms with van der Waals surface area (Å²) < 4.78 is 0. The van der Waals surface area contributed by atoms with Crippen LogP contribution in [0.15, 0.2) is 0 Å². The smallest absolute Gasteiger partial charge is 0.326 e. The Morgan fingerprint density at radius 3 is 1.68 bits per heavy atom. The number of aliphatic hydroxyl groups is 1. The molecular formula is C17H29N5O9. The van der Waals surface area contributed by atoms with Gasteiger partial charge in [-0.15, -0.1) is 0 Å². The van der Waals surface area contributed by atoms with E-state index in [1.165, 1.54) is 20.8 Å². The molecule has 14 nitrogen and oxygen atoms in total. The molecule has 0 spiro atoms. The topological polar surface area (TPSA) is 251 Å². The van der Waals surface area contributed by atoms with Crippen LogP contribution < -0.4 is 27.4 Å². The molecule has 0 saturated carbocycles. The fourth-order valence-electron chi connectivity index (χ4n) is 2.39. The van der Waals surface area contributed by atoms with E-state index in [4.69, 9.17) is 21.7 Å². The Morgan fingerprint density at radius 2 is 1.29 bits per heavy atom. The molecule has 5 atom stereocenters. The molecule has 0 aromatic heterocycles. The maximum atomic E-state index is 12.6. The van der Waals surface area contributed by atoms with Crippen molar-refractivity contribution >= 4 is 35.6 Å². The van der Waals surface area contributed by atoms with Crippen LogP contribution in [0.4, 0.5) is 0 Å². The summed E-state index contributed by atoms with van der Waals surface area (Å²) in [4.78, 5) is 69.9. The third-order valence-corrected chi connectivity index (χ3v) is 4.06. The number of primary amides is 1. The van der Waals surface area contributed by atoms with Crippen molar-refractivity contribution < 1.29 is 44.1 Å². The van der Waals surface area contributed by atoms with Crippen LogP contribution in [0.3, 0.4) is 0 Å². The zero-order valence-electron chi connectivity index (χ0n) is 17.3. The number of carboxylic acid groups (broad SMARTS) is 2. The van der Waals surface area contributed by atoms with Gasteiger partial charge in [0.2, 0.25) is 23.6 Å². The second kappa shape index (κ2) is 12.4. The number of aliphatic hydroxyl groups excluding tert-OH is 1. The number of hydrogen-bond donors (Lipinski definition) is 8. The van der Waals surface area contributed by atoms with Crippen molar-refractivity contribution in [2.24, 2.45) is 17.4 Å². The average Bonchev–Trinajstić information content (AvgIpc) is 2.61. The van der Waals surface area contributed by atoms with Crippen molar-refractivity contribution in [3.05, 3.63) is 0 Å². The molecule has 10 N–H and O–H groups in total. The van der Waals surface area contributed by atoms with Crippen LogP contribution in [0.1, 0.15) is 33.6 Å². The van der Waals surface area contributed by atoms with Crippen molar-refractivity contribution in [2.45, 2.75) is 63.9 Å². The predicted octanol–water partition coefficient (Wildman–Crippen LogP) is -3.76. The van der Waals surface area contributed by atoms with Crippen LogP contribution in [0.5, 0.6) is 0 Å². The van der Waals surface area contributed by atoms with E-state index >= 15 is 0 Å². The lowest BCUT2D eigenvalue weighted by atomic mass is 10.0. The van der Waals surface area contributed by atoms with Crippen molar-refractivity contribution in [1.29, 1.82) is 0 Å². The van der Waals surface area contributed by atoms with Crippen molar-refractivity contribution in [3.63, 3.8) is 0 Å². The minimum absolute atomic E-state index is 0.563. The Hall–Kier alpha value is -3.26. The van der Waals surface area contributed by atoms with Gasteiger partial charge in [0.05, 0.1) is 25.0 Å². The van der Waals surface area contributed by atoms with Gasteiger partial charge in [-0.1, -0.05) is 13.8 Å². The number of carbonyl (C=O) groups excluding carboxylic acids is 4. The van der Waals surface area contributed by atoms with Crippen LogP contribution in [0.25, 0.3) is 0 Å². The van der Waals surface area contributed by atoms with Gasteiger partial charge in [-0.05, 0) is 12.8 Å². The number of amides is 4. The SMILES string of the molecule is CC(C)C(NC(=O)C(NC(=O)C(N)CC(=O)O)C(C)O)C(=O)NC(CC(N)=O)C(=O)O. The quantitative estimate of drug-likeness (QED) is 0.137. The third-order valence-electron chi connectivity index (χ3n) is 4.06.